The van der Waals surface area contributed by atoms with Gasteiger partial charge in [-0.15, -0.1) is 11.8 Å². The number of nitrogens with zero attached hydrogens (tertiary/aromatic N) is 2. The zero-order chi connectivity index (χ0) is 21.0. The van der Waals surface area contributed by atoms with E-state index in [1.807, 2.05) is 58.3 Å². The molecule has 160 valence electrons. The van der Waals surface area contributed by atoms with Crippen LogP contribution in [-0.2, 0) is 17.8 Å². The molecular weight excluding hydrogens is 396 g/mol. The highest BCUT2D eigenvalue weighted by Gasteiger charge is 2.59. The second kappa shape index (κ2) is 9.41. The fraction of sp³-hybridized carbons (Fsp3) is 0.458. The van der Waals surface area contributed by atoms with Crippen molar-refractivity contribution in [2.75, 3.05) is 19.5 Å². The van der Waals surface area contributed by atoms with Crippen molar-refractivity contribution < 1.29 is 14.6 Å². The molecule has 30 heavy (non-hydrogen) atoms. The normalized spacial score (nSPS) is 25.7. The Balaban J connectivity index is 1.58. The van der Waals surface area contributed by atoms with Gasteiger partial charge in [0, 0.05) is 32.6 Å². The summed E-state index contributed by atoms with van der Waals surface area (Å²) in [6.45, 7) is 1.79. The van der Waals surface area contributed by atoms with Gasteiger partial charge in [-0.25, -0.2) is 4.79 Å². The van der Waals surface area contributed by atoms with Crippen LogP contribution in [0.1, 0.15) is 30.4 Å². The van der Waals surface area contributed by atoms with E-state index in [1.165, 1.54) is 0 Å². The predicted octanol–water partition coefficient (Wildman–Crippen LogP) is 4.11. The molecular formula is C24H30N2O3S. The number of urea groups is 1. The molecule has 0 saturated carbocycles. The number of thioether (sulfide) groups is 1. The summed E-state index contributed by atoms with van der Waals surface area (Å²) >= 11 is 1.60. The highest BCUT2D eigenvalue weighted by atomic mass is 32.2. The van der Waals surface area contributed by atoms with Gasteiger partial charge in [0.1, 0.15) is 4.93 Å². The number of hydrogen-bond acceptors (Lipinski definition) is 4. The van der Waals surface area contributed by atoms with Crippen LogP contribution in [0, 0.1) is 0 Å². The average molecular weight is 427 g/mol. The third kappa shape index (κ3) is 4.36. The van der Waals surface area contributed by atoms with Gasteiger partial charge in [0.05, 0.1) is 12.1 Å². The van der Waals surface area contributed by atoms with Crippen LogP contribution in [0.2, 0.25) is 0 Å². The van der Waals surface area contributed by atoms with Crippen LogP contribution in [0.5, 0.6) is 0 Å². The van der Waals surface area contributed by atoms with Crippen molar-refractivity contribution in [2.24, 2.45) is 0 Å². The van der Waals surface area contributed by atoms with E-state index in [1.54, 1.807) is 18.9 Å². The van der Waals surface area contributed by atoms with Gasteiger partial charge in [0.25, 0.3) is 0 Å². The van der Waals surface area contributed by atoms with E-state index < -0.39 is 4.93 Å². The SMILES string of the molecule is COCCCCC1(O)SCC2C1N(Cc1ccccc1)C(=O)N2Cc1ccccc1. The average Bonchev–Trinajstić information content (AvgIpc) is 3.24. The maximum atomic E-state index is 13.5. The molecule has 2 heterocycles. The minimum absolute atomic E-state index is 0.0128. The standard InChI is InChI=1S/C24H30N2O3S/c1-29-15-9-8-14-24(28)22-21(18-30-24)25(16-19-10-4-2-5-11-19)23(27)26(22)17-20-12-6-3-7-13-20/h2-7,10-13,21-22,28H,8-9,14-18H2,1H3. The van der Waals surface area contributed by atoms with Gasteiger partial charge in [-0.1, -0.05) is 60.7 Å². The van der Waals surface area contributed by atoms with E-state index in [9.17, 15) is 9.90 Å². The fourth-order valence-corrected chi connectivity index (χ4v) is 6.17. The number of aliphatic hydroxyl groups is 1. The molecule has 3 atom stereocenters. The Hall–Kier alpha value is -2.02. The van der Waals surface area contributed by atoms with Crippen LogP contribution in [0.25, 0.3) is 0 Å². The lowest BCUT2D eigenvalue weighted by atomic mass is 9.97. The van der Waals surface area contributed by atoms with E-state index in [-0.39, 0.29) is 18.1 Å². The molecule has 2 fully saturated rings. The molecule has 2 aliphatic heterocycles. The number of amides is 2. The number of unbranched alkanes of at least 4 members (excludes halogenated alkanes) is 1. The molecule has 0 bridgehead atoms. The van der Waals surface area contributed by atoms with Gasteiger partial charge < -0.3 is 19.6 Å². The van der Waals surface area contributed by atoms with Crippen LogP contribution >= 0.6 is 11.8 Å². The highest BCUT2D eigenvalue weighted by Crippen LogP contribution is 2.48. The number of ether oxygens (including phenoxy) is 1. The minimum Gasteiger partial charge on any atom is -0.385 e. The fourth-order valence-electron chi connectivity index (χ4n) is 4.60. The highest BCUT2D eigenvalue weighted by molar-refractivity contribution is 8.00. The van der Waals surface area contributed by atoms with Crippen molar-refractivity contribution in [2.45, 2.75) is 49.4 Å². The van der Waals surface area contributed by atoms with Crippen LogP contribution < -0.4 is 0 Å². The molecule has 3 unspecified atom stereocenters. The molecule has 0 aromatic heterocycles. The van der Waals surface area contributed by atoms with E-state index in [4.69, 9.17) is 4.74 Å². The van der Waals surface area contributed by atoms with Crippen molar-refractivity contribution in [3.05, 3.63) is 71.8 Å². The van der Waals surface area contributed by atoms with E-state index in [0.29, 0.717) is 26.1 Å². The molecule has 1 N–H and O–H groups in total. The first kappa shape index (κ1) is 21.2. The molecule has 2 aliphatic rings. The maximum absolute atomic E-state index is 13.5. The lowest BCUT2D eigenvalue weighted by Crippen LogP contribution is -2.48. The minimum atomic E-state index is -0.922. The zero-order valence-corrected chi connectivity index (χ0v) is 18.3. The molecule has 2 aromatic carbocycles. The third-order valence-corrected chi connectivity index (χ3v) is 7.54. The number of carbonyl (C=O) groups excluding carboxylic acids is 1. The number of methoxy groups -OCH3 is 1. The first-order valence-corrected chi connectivity index (χ1v) is 11.6. The summed E-state index contributed by atoms with van der Waals surface area (Å²) in [5.41, 5.74) is 2.21. The summed E-state index contributed by atoms with van der Waals surface area (Å²) in [4.78, 5) is 16.4. The predicted molar refractivity (Wildman–Crippen MR) is 120 cm³/mol. The molecule has 0 radical (unpaired) electrons. The summed E-state index contributed by atoms with van der Waals surface area (Å²) in [6.07, 6.45) is 2.46. The summed E-state index contributed by atoms with van der Waals surface area (Å²) in [5, 5.41) is 11.6. The maximum Gasteiger partial charge on any atom is 0.321 e. The second-order valence-electron chi connectivity index (χ2n) is 8.13. The summed E-state index contributed by atoms with van der Waals surface area (Å²) in [5.74, 6) is 0.759. The first-order valence-electron chi connectivity index (χ1n) is 10.6. The zero-order valence-electron chi connectivity index (χ0n) is 17.4. The largest absolute Gasteiger partial charge is 0.385 e. The number of carbonyl (C=O) groups is 1. The van der Waals surface area contributed by atoms with Gasteiger partial charge in [0.15, 0.2) is 0 Å². The van der Waals surface area contributed by atoms with Crippen LogP contribution in [0.3, 0.4) is 0 Å². The topological polar surface area (TPSA) is 53.0 Å². The van der Waals surface area contributed by atoms with Crippen molar-refractivity contribution in [1.29, 1.82) is 0 Å². The van der Waals surface area contributed by atoms with Gasteiger partial charge >= 0.3 is 6.03 Å². The first-order chi connectivity index (χ1) is 14.6. The summed E-state index contributed by atoms with van der Waals surface area (Å²) in [6, 6.07) is 20.0. The summed E-state index contributed by atoms with van der Waals surface area (Å²) < 4.78 is 5.17. The molecule has 0 spiro atoms. The van der Waals surface area contributed by atoms with Crippen LogP contribution in [0.15, 0.2) is 60.7 Å². The van der Waals surface area contributed by atoms with Gasteiger partial charge in [-0.3, -0.25) is 0 Å². The van der Waals surface area contributed by atoms with Gasteiger partial charge in [-0.2, -0.15) is 0 Å². The molecule has 5 nitrogen and oxygen atoms in total. The molecule has 2 saturated heterocycles. The monoisotopic (exact) mass is 426 g/mol. The van der Waals surface area contributed by atoms with E-state index >= 15 is 0 Å². The number of fused-ring (bicyclic) bond motifs is 1. The van der Waals surface area contributed by atoms with Crippen molar-refractivity contribution in [1.82, 2.24) is 9.80 Å². The third-order valence-electron chi connectivity index (χ3n) is 6.08. The number of rotatable bonds is 9. The van der Waals surface area contributed by atoms with Crippen molar-refractivity contribution in [3.8, 4) is 0 Å². The Morgan fingerprint density at radius 3 is 2.20 bits per heavy atom. The van der Waals surface area contributed by atoms with Crippen molar-refractivity contribution in [3.63, 3.8) is 0 Å². The Kier molecular flexibility index (Phi) is 6.66. The second-order valence-corrected chi connectivity index (χ2v) is 9.46. The quantitative estimate of drug-likeness (QED) is 0.484. The number of hydrogen-bond donors (Lipinski definition) is 1. The smallest absolute Gasteiger partial charge is 0.321 e. The summed E-state index contributed by atoms with van der Waals surface area (Å²) in [7, 11) is 1.70. The molecule has 2 amide bonds. The van der Waals surface area contributed by atoms with Gasteiger partial charge in [-0.05, 0) is 30.4 Å². The van der Waals surface area contributed by atoms with Gasteiger partial charge in [0.2, 0.25) is 0 Å². The van der Waals surface area contributed by atoms with E-state index in [2.05, 4.69) is 12.1 Å². The van der Waals surface area contributed by atoms with Crippen molar-refractivity contribution >= 4 is 17.8 Å². The van der Waals surface area contributed by atoms with Crippen LogP contribution in [0.4, 0.5) is 4.79 Å². The lowest BCUT2D eigenvalue weighted by molar-refractivity contribution is 0.0409. The Bertz CT molecular complexity index is 835. The lowest BCUT2D eigenvalue weighted by Gasteiger charge is -2.34. The van der Waals surface area contributed by atoms with E-state index in [0.717, 1.165) is 29.7 Å². The molecule has 4 rings (SSSR count). The molecule has 6 heteroatoms. The Morgan fingerprint density at radius 1 is 1.00 bits per heavy atom. The Morgan fingerprint density at radius 2 is 1.60 bits per heavy atom. The molecule has 0 aliphatic carbocycles. The molecule has 2 aromatic rings. The Labute approximate surface area is 183 Å². The number of benzene rings is 2. The van der Waals surface area contributed by atoms with Crippen LogP contribution in [-0.4, -0.2) is 57.4 Å².